The van der Waals surface area contributed by atoms with Gasteiger partial charge < -0.3 is 21.1 Å². The molecule has 2 amide bonds. The van der Waals surface area contributed by atoms with Gasteiger partial charge in [0.15, 0.2) is 0 Å². The molecule has 198 valence electrons. The summed E-state index contributed by atoms with van der Waals surface area (Å²) in [4.78, 5) is 28.0. The standard InChI is InChI=1S/C28H32Cl2FN3O3/c1-27(2,3)25-28(18-12-7-14(29)13-20(18)33-26(28)37)21(17-5-4-6-19(30)22(17)31)23(34-25)24(36)32-15-8-10-16(35)11-9-15/h4-7,12-13,15-16,21,23,25,34-35H,8-11H2,1-3H3,(H,32,36)(H,33,37)/t15-,16-,21-,23+,25-,28-/m0/s1. The van der Waals surface area contributed by atoms with Gasteiger partial charge in [0.05, 0.1) is 17.2 Å². The summed E-state index contributed by atoms with van der Waals surface area (Å²) in [6.07, 6.45) is 2.18. The number of fused-ring (bicyclic) bond motifs is 2. The Morgan fingerprint density at radius 3 is 2.51 bits per heavy atom. The number of amides is 2. The van der Waals surface area contributed by atoms with Gasteiger partial charge in [0.2, 0.25) is 11.8 Å². The highest BCUT2D eigenvalue weighted by Gasteiger charge is 2.68. The van der Waals surface area contributed by atoms with Crippen molar-refractivity contribution >= 4 is 40.7 Å². The molecule has 6 nitrogen and oxygen atoms in total. The minimum atomic E-state index is -1.30. The maximum atomic E-state index is 15.7. The van der Waals surface area contributed by atoms with E-state index in [4.69, 9.17) is 23.2 Å². The molecule has 2 heterocycles. The highest BCUT2D eigenvalue weighted by Crippen LogP contribution is 2.58. The molecule has 2 aromatic rings. The van der Waals surface area contributed by atoms with Crippen LogP contribution in [-0.4, -0.2) is 41.2 Å². The first kappa shape index (κ1) is 26.4. The predicted octanol–water partition coefficient (Wildman–Crippen LogP) is 4.91. The number of rotatable bonds is 3. The SMILES string of the molecule is CC(C)(C)[C@@H]1N[C@@H](C(=O)N[C@H]2CC[C@H](O)CC2)[C@H](c2cccc(Cl)c2F)[C@]12C(=O)Nc1cc(Cl)ccc12. The third-order valence-corrected chi connectivity index (χ3v) is 8.71. The lowest BCUT2D eigenvalue weighted by molar-refractivity contribution is -0.124. The van der Waals surface area contributed by atoms with Gasteiger partial charge in [0.1, 0.15) is 11.2 Å². The summed E-state index contributed by atoms with van der Waals surface area (Å²) in [6, 6.07) is 8.39. The number of hydrogen-bond acceptors (Lipinski definition) is 4. The van der Waals surface area contributed by atoms with E-state index in [2.05, 4.69) is 16.0 Å². The molecule has 4 N–H and O–H groups in total. The molecule has 1 spiro atoms. The van der Waals surface area contributed by atoms with Crippen LogP contribution in [0.2, 0.25) is 10.0 Å². The number of anilines is 1. The van der Waals surface area contributed by atoms with Crippen molar-refractivity contribution < 1.29 is 19.1 Å². The third-order valence-electron chi connectivity index (χ3n) is 8.18. The van der Waals surface area contributed by atoms with Gasteiger partial charge in [-0.3, -0.25) is 9.59 Å². The summed E-state index contributed by atoms with van der Waals surface area (Å²) in [6.45, 7) is 6.01. The lowest BCUT2D eigenvalue weighted by atomic mass is 9.60. The number of carbonyl (C=O) groups excluding carboxylic acids is 2. The smallest absolute Gasteiger partial charge is 0.238 e. The molecule has 4 atom stereocenters. The third kappa shape index (κ3) is 4.34. The fourth-order valence-corrected chi connectivity index (χ4v) is 6.98. The maximum absolute atomic E-state index is 15.7. The molecule has 5 rings (SSSR count). The van der Waals surface area contributed by atoms with Gasteiger partial charge in [0.25, 0.3) is 0 Å². The summed E-state index contributed by atoms with van der Waals surface area (Å²) in [5, 5.41) is 19.9. The first-order valence-electron chi connectivity index (χ1n) is 12.7. The number of nitrogens with one attached hydrogen (secondary N) is 3. The van der Waals surface area contributed by atoms with Crippen molar-refractivity contribution in [1.29, 1.82) is 0 Å². The van der Waals surface area contributed by atoms with E-state index in [9.17, 15) is 14.7 Å². The average molecular weight is 548 g/mol. The lowest BCUT2D eigenvalue weighted by Gasteiger charge is -2.41. The molecular weight excluding hydrogens is 516 g/mol. The van der Waals surface area contributed by atoms with Crippen molar-refractivity contribution in [2.45, 2.75) is 82.0 Å². The normalized spacial score (nSPS) is 31.3. The number of aliphatic hydroxyl groups is 1. The molecule has 0 bridgehead atoms. The van der Waals surface area contributed by atoms with Crippen LogP contribution in [0.5, 0.6) is 0 Å². The van der Waals surface area contributed by atoms with Crippen LogP contribution in [-0.2, 0) is 15.0 Å². The zero-order chi connectivity index (χ0) is 26.7. The van der Waals surface area contributed by atoms with Crippen molar-refractivity contribution in [3.8, 4) is 0 Å². The Labute approximate surface area is 226 Å². The van der Waals surface area contributed by atoms with Crippen LogP contribution in [0, 0.1) is 11.2 Å². The van der Waals surface area contributed by atoms with Gasteiger partial charge in [0, 0.05) is 28.7 Å². The second kappa shape index (κ2) is 9.53. The molecule has 0 aromatic heterocycles. The molecule has 3 aliphatic rings. The van der Waals surface area contributed by atoms with Crippen LogP contribution < -0.4 is 16.0 Å². The highest BCUT2D eigenvalue weighted by molar-refractivity contribution is 6.31. The van der Waals surface area contributed by atoms with Crippen molar-refractivity contribution in [1.82, 2.24) is 10.6 Å². The van der Waals surface area contributed by atoms with E-state index in [1.165, 1.54) is 6.07 Å². The zero-order valence-corrected chi connectivity index (χ0v) is 22.6. The maximum Gasteiger partial charge on any atom is 0.238 e. The predicted molar refractivity (Wildman–Crippen MR) is 142 cm³/mol. The second-order valence-corrected chi connectivity index (χ2v) is 12.4. The topological polar surface area (TPSA) is 90.5 Å². The highest BCUT2D eigenvalue weighted by atomic mass is 35.5. The summed E-state index contributed by atoms with van der Waals surface area (Å²) < 4.78 is 15.7. The first-order chi connectivity index (χ1) is 17.4. The van der Waals surface area contributed by atoms with Gasteiger partial charge in [-0.25, -0.2) is 4.39 Å². The van der Waals surface area contributed by atoms with E-state index in [1.807, 2.05) is 20.8 Å². The number of benzene rings is 2. The quantitative estimate of drug-likeness (QED) is 0.439. The minimum absolute atomic E-state index is 0.0676. The molecule has 1 saturated heterocycles. The molecular formula is C28H32Cl2FN3O3. The van der Waals surface area contributed by atoms with Gasteiger partial charge in [-0.1, -0.05) is 62.2 Å². The minimum Gasteiger partial charge on any atom is -0.393 e. The Bertz CT molecular complexity index is 1240. The van der Waals surface area contributed by atoms with Crippen molar-refractivity contribution in [3.05, 3.63) is 63.4 Å². The molecule has 1 aliphatic carbocycles. The fraction of sp³-hybridized carbons (Fsp3) is 0.500. The Kier molecular flexibility index (Phi) is 6.80. The monoisotopic (exact) mass is 547 g/mol. The van der Waals surface area contributed by atoms with Gasteiger partial charge in [-0.15, -0.1) is 0 Å². The number of aliphatic hydroxyl groups excluding tert-OH is 1. The van der Waals surface area contributed by atoms with E-state index in [-0.39, 0.29) is 34.5 Å². The summed E-state index contributed by atoms with van der Waals surface area (Å²) in [5.74, 6) is -2.13. The Balaban J connectivity index is 1.69. The molecule has 37 heavy (non-hydrogen) atoms. The summed E-state index contributed by atoms with van der Waals surface area (Å²) in [7, 11) is 0. The van der Waals surface area contributed by atoms with Gasteiger partial charge >= 0.3 is 0 Å². The molecule has 2 fully saturated rings. The summed E-state index contributed by atoms with van der Waals surface area (Å²) >= 11 is 12.5. The van der Waals surface area contributed by atoms with Gasteiger partial charge in [-0.2, -0.15) is 0 Å². The Morgan fingerprint density at radius 1 is 1.14 bits per heavy atom. The Morgan fingerprint density at radius 2 is 1.84 bits per heavy atom. The number of hydrogen-bond donors (Lipinski definition) is 4. The molecule has 9 heteroatoms. The van der Waals surface area contributed by atoms with E-state index < -0.39 is 34.6 Å². The van der Waals surface area contributed by atoms with Crippen LogP contribution in [0.1, 0.15) is 63.5 Å². The fourth-order valence-electron chi connectivity index (χ4n) is 6.63. The van der Waals surface area contributed by atoms with Crippen molar-refractivity contribution in [2.75, 3.05) is 5.32 Å². The van der Waals surface area contributed by atoms with Gasteiger partial charge in [-0.05, 0) is 60.4 Å². The second-order valence-electron chi connectivity index (χ2n) is 11.6. The molecule has 0 radical (unpaired) electrons. The number of halogens is 3. The van der Waals surface area contributed by atoms with Crippen LogP contribution in [0.3, 0.4) is 0 Å². The molecule has 2 aromatic carbocycles. The van der Waals surface area contributed by atoms with E-state index in [0.29, 0.717) is 42.0 Å². The molecule has 2 aliphatic heterocycles. The van der Waals surface area contributed by atoms with E-state index >= 15 is 4.39 Å². The van der Waals surface area contributed by atoms with Crippen LogP contribution >= 0.6 is 23.2 Å². The first-order valence-corrected chi connectivity index (χ1v) is 13.5. The molecule has 0 unspecified atom stereocenters. The van der Waals surface area contributed by atoms with Crippen molar-refractivity contribution in [2.24, 2.45) is 5.41 Å². The van der Waals surface area contributed by atoms with Crippen LogP contribution in [0.4, 0.5) is 10.1 Å². The molecule has 1 saturated carbocycles. The van der Waals surface area contributed by atoms with Crippen LogP contribution in [0.25, 0.3) is 0 Å². The van der Waals surface area contributed by atoms with E-state index in [0.717, 1.165) is 0 Å². The van der Waals surface area contributed by atoms with Crippen LogP contribution in [0.15, 0.2) is 36.4 Å². The average Bonchev–Trinajstić information content (AvgIpc) is 3.33. The zero-order valence-electron chi connectivity index (χ0n) is 21.1. The van der Waals surface area contributed by atoms with E-state index in [1.54, 1.807) is 30.3 Å². The Hall–Kier alpha value is -2.19. The summed E-state index contributed by atoms with van der Waals surface area (Å²) in [5.41, 5.74) is -0.341. The van der Waals surface area contributed by atoms with Crippen molar-refractivity contribution in [3.63, 3.8) is 0 Å². The lowest BCUT2D eigenvalue weighted by Crippen LogP contribution is -2.54. The number of carbonyl (C=O) groups is 2. The largest absolute Gasteiger partial charge is 0.393 e.